The van der Waals surface area contributed by atoms with Crippen molar-refractivity contribution in [3.63, 3.8) is 0 Å². The lowest BCUT2D eigenvalue weighted by atomic mass is 10.3. The lowest BCUT2D eigenvalue weighted by Crippen LogP contribution is -2.15. The molecule has 2 aromatic rings. The Morgan fingerprint density at radius 1 is 1.10 bits per heavy atom. The predicted molar refractivity (Wildman–Crippen MR) is 83.5 cm³/mol. The summed E-state index contributed by atoms with van der Waals surface area (Å²) in [7, 11) is -4.06. The van der Waals surface area contributed by atoms with Crippen molar-refractivity contribution in [1.82, 2.24) is 0 Å². The molecule has 0 spiro atoms. The van der Waals surface area contributed by atoms with Crippen LogP contribution >= 0.6 is 31.9 Å². The molecule has 0 aliphatic carbocycles. The Kier molecular flexibility index (Phi) is 4.36. The van der Waals surface area contributed by atoms with Gasteiger partial charge in [0.15, 0.2) is 0 Å². The first-order chi connectivity index (χ1) is 9.31. The van der Waals surface area contributed by atoms with Crippen LogP contribution in [-0.4, -0.2) is 8.42 Å². The van der Waals surface area contributed by atoms with Gasteiger partial charge in [-0.1, -0.05) is 12.1 Å². The number of nitrogens with one attached hydrogen (secondary N) is 1. The highest BCUT2D eigenvalue weighted by Gasteiger charge is 2.21. The van der Waals surface area contributed by atoms with Crippen LogP contribution in [0.15, 0.2) is 50.2 Å². The highest BCUT2D eigenvalue weighted by Crippen LogP contribution is 2.29. The summed E-state index contributed by atoms with van der Waals surface area (Å²) in [6, 6.07) is 8.71. The van der Waals surface area contributed by atoms with E-state index >= 15 is 0 Å². The molecular weight excluding hydrogens is 415 g/mol. The largest absolute Gasteiger partial charge is 0.398 e. The van der Waals surface area contributed by atoms with Crippen molar-refractivity contribution in [2.75, 3.05) is 10.5 Å². The number of sulfonamides is 1. The molecule has 106 valence electrons. The van der Waals surface area contributed by atoms with Crippen LogP contribution in [0.4, 0.5) is 15.8 Å². The smallest absolute Gasteiger partial charge is 0.264 e. The molecule has 3 N–H and O–H groups in total. The number of para-hydroxylation sites is 1. The van der Waals surface area contributed by atoms with Crippen molar-refractivity contribution < 1.29 is 12.8 Å². The molecule has 0 unspecified atom stereocenters. The number of hydrogen-bond donors (Lipinski definition) is 2. The summed E-state index contributed by atoms with van der Waals surface area (Å²) in [6.45, 7) is 0. The summed E-state index contributed by atoms with van der Waals surface area (Å²) >= 11 is 6.25. The molecular formula is C12H9Br2FN2O2S. The van der Waals surface area contributed by atoms with Crippen LogP contribution in [0.1, 0.15) is 0 Å². The Hall–Kier alpha value is -1.12. The molecule has 2 aromatic carbocycles. The van der Waals surface area contributed by atoms with Crippen LogP contribution in [0.2, 0.25) is 0 Å². The summed E-state index contributed by atoms with van der Waals surface area (Å²) in [5, 5.41) is 0. The maximum atomic E-state index is 13.8. The zero-order valence-corrected chi connectivity index (χ0v) is 13.9. The van der Waals surface area contributed by atoms with E-state index in [4.69, 9.17) is 5.73 Å². The second-order valence-electron chi connectivity index (χ2n) is 3.89. The van der Waals surface area contributed by atoms with Gasteiger partial charge in [-0.25, -0.2) is 12.8 Å². The van der Waals surface area contributed by atoms with Gasteiger partial charge in [0.1, 0.15) is 10.7 Å². The fourth-order valence-corrected chi connectivity index (χ4v) is 3.50. The zero-order valence-electron chi connectivity index (χ0n) is 9.90. The van der Waals surface area contributed by atoms with Crippen LogP contribution in [0.25, 0.3) is 0 Å². The summed E-state index contributed by atoms with van der Waals surface area (Å²) in [6.07, 6.45) is 0. The van der Waals surface area contributed by atoms with Gasteiger partial charge in [-0.3, -0.25) is 4.72 Å². The molecule has 0 saturated heterocycles. The van der Waals surface area contributed by atoms with Crippen LogP contribution in [0.3, 0.4) is 0 Å². The Morgan fingerprint density at radius 3 is 2.40 bits per heavy atom. The molecule has 0 atom stereocenters. The molecule has 0 bridgehead atoms. The van der Waals surface area contributed by atoms with Gasteiger partial charge in [-0.2, -0.15) is 0 Å². The van der Waals surface area contributed by atoms with E-state index in [1.165, 1.54) is 0 Å². The third-order valence-corrected chi connectivity index (χ3v) is 5.22. The molecule has 2 rings (SSSR count). The van der Waals surface area contributed by atoms with Crippen LogP contribution in [0.5, 0.6) is 0 Å². The second kappa shape index (κ2) is 5.71. The summed E-state index contributed by atoms with van der Waals surface area (Å²) in [5.41, 5.74) is 6.05. The quantitative estimate of drug-likeness (QED) is 0.738. The standard InChI is InChI=1S/C12H9Br2FN2O2S/c13-7-3-1-2-4-11(7)17-20(18,19)12-6-10(16)8(14)5-9(12)15/h1-6,17H,16H2. The van der Waals surface area contributed by atoms with Crippen molar-refractivity contribution >= 4 is 53.3 Å². The molecule has 0 aliphatic rings. The highest BCUT2D eigenvalue weighted by atomic mass is 79.9. The van der Waals surface area contributed by atoms with Gasteiger partial charge >= 0.3 is 0 Å². The molecule has 8 heteroatoms. The topological polar surface area (TPSA) is 72.2 Å². The van der Waals surface area contributed by atoms with E-state index in [0.29, 0.717) is 14.6 Å². The molecule has 0 aliphatic heterocycles. The molecule has 20 heavy (non-hydrogen) atoms. The monoisotopic (exact) mass is 422 g/mol. The number of anilines is 2. The summed E-state index contributed by atoms with van der Waals surface area (Å²) in [5.74, 6) is -0.884. The van der Waals surface area contributed by atoms with Gasteiger partial charge in [-0.05, 0) is 56.1 Å². The minimum Gasteiger partial charge on any atom is -0.398 e. The van der Waals surface area contributed by atoms with Crippen molar-refractivity contribution in [3.8, 4) is 0 Å². The van der Waals surface area contributed by atoms with Gasteiger partial charge in [0.25, 0.3) is 10.0 Å². The highest BCUT2D eigenvalue weighted by molar-refractivity contribution is 9.11. The predicted octanol–water partition coefficient (Wildman–Crippen LogP) is 3.73. The Balaban J connectivity index is 2.47. The first kappa shape index (κ1) is 15.3. The molecule has 4 nitrogen and oxygen atoms in total. The van der Waals surface area contributed by atoms with Crippen molar-refractivity contribution in [3.05, 3.63) is 51.2 Å². The Morgan fingerprint density at radius 2 is 1.75 bits per heavy atom. The van der Waals surface area contributed by atoms with E-state index in [1.54, 1.807) is 24.3 Å². The van der Waals surface area contributed by atoms with Crippen LogP contribution in [-0.2, 0) is 10.0 Å². The maximum absolute atomic E-state index is 13.8. The maximum Gasteiger partial charge on any atom is 0.264 e. The zero-order chi connectivity index (χ0) is 14.9. The van der Waals surface area contributed by atoms with Crippen molar-refractivity contribution in [2.45, 2.75) is 4.90 Å². The number of nitrogen functional groups attached to an aromatic ring is 1. The van der Waals surface area contributed by atoms with Gasteiger partial charge in [0.05, 0.1) is 5.69 Å². The van der Waals surface area contributed by atoms with Gasteiger partial charge in [0.2, 0.25) is 0 Å². The summed E-state index contributed by atoms with van der Waals surface area (Å²) in [4.78, 5) is -0.506. The van der Waals surface area contributed by atoms with Crippen molar-refractivity contribution in [2.24, 2.45) is 0 Å². The SMILES string of the molecule is Nc1cc(S(=O)(=O)Nc2ccccc2Br)c(F)cc1Br. The van der Waals surface area contributed by atoms with E-state index in [0.717, 1.165) is 12.1 Å². The minimum atomic E-state index is -4.06. The fraction of sp³-hybridized carbons (Fsp3) is 0. The number of hydrogen-bond acceptors (Lipinski definition) is 3. The molecule has 0 saturated carbocycles. The molecule has 0 radical (unpaired) electrons. The molecule has 0 amide bonds. The van der Waals surface area contributed by atoms with E-state index in [9.17, 15) is 12.8 Å². The van der Waals surface area contributed by atoms with Crippen LogP contribution in [0, 0.1) is 5.82 Å². The lowest BCUT2D eigenvalue weighted by molar-refractivity contribution is 0.570. The Bertz CT molecular complexity index is 766. The van der Waals surface area contributed by atoms with Crippen molar-refractivity contribution in [1.29, 1.82) is 0 Å². The molecule has 0 aromatic heterocycles. The van der Waals surface area contributed by atoms with Gasteiger partial charge in [0, 0.05) is 14.6 Å². The molecule has 0 fully saturated rings. The summed E-state index contributed by atoms with van der Waals surface area (Å²) < 4.78 is 41.4. The van der Waals surface area contributed by atoms with Gasteiger partial charge in [-0.15, -0.1) is 0 Å². The first-order valence-electron chi connectivity index (χ1n) is 5.33. The van der Waals surface area contributed by atoms with E-state index in [1.807, 2.05) is 0 Å². The fourth-order valence-electron chi connectivity index (χ4n) is 1.49. The third-order valence-electron chi connectivity index (χ3n) is 2.46. The third kappa shape index (κ3) is 3.13. The van der Waals surface area contributed by atoms with Gasteiger partial charge < -0.3 is 5.73 Å². The Labute approximate surface area is 132 Å². The number of halogens is 3. The molecule has 0 heterocycles. The number of benzene rings is 2. The van der Waals surface area contributed by atoms with E-state index in [2.05, 4.69) is 36.6 Å². The normalized spacial score (nSPS) is 11.3. The van der Waals surface area contributed by atoms with E-state index in [-0.39, 0.29) is 5.69 Å². The lowest BCUT2D eigenvalue weighted by Gasteiger charge is -2.11. The first-order valence-corrected chi connectivity index (χ1v) is 8.40. The average Bonchev–Trinajstić information content (AvgIpc) is 2.36. The second-order valence-corrected chi connectivity index (χ2v) is 7.25. The average molecular weight is 424 g/mol. The van der Waals surface area contributed by atoms with E-state index < -0.39 is 20.7 Å². The minimum absolute atomic E-state index is 0.138. The van der Waals surface area contributed by atoms with Crippen LogP contribution < -0.4 is 10.5 Å². The number of rotatable bonds is 3. The number of nitrogens with two attached hydrogens (primary N) is 1.